The molecule has 16 heavy (non-hydrogen) atoms. The van der Waals surface area contributed by atoms with Crippen LogP contribution in [-0.4, -0.2) is 34.6 Å². The van der Waals surface area contributed by atoms with Gasteiger partial charge in [-0.25, -0.2) is 4.79 Å². The quantitative estimate of drug-likeness (QED) is 0.521. The van der Waals surface area contributed by atoms with Gasteiger partial charge in [-0.15, -0.1) is 0 Å². The first-order chi connectivity index (χ1) is 7.69. The van der Waals surface area contributed by atoms with Gasteiger partial charge in [-0.2, -0.15) is 0 Å². The number of amides is 2. The van der Waals surface area contributed by atoms with Crippen molar-refractivity contribution in [1.82, 2.24) is 9.62 Å². The van der Waals surface area contributed by atoms with Crippen molar-refractivity contribution in [2.45, 2.75) is 38.6 Å². The van der Waals surface area contributed by atoms with Crippen LogP contribution in [0.15, 0.2) is 11.6 Å². The topological polar surface area (TPSA) is 52.6 Å². The molecule has 0 saturated heterocycles. The molecule has 1 atom stereocenters. The van der Waals surface area contributed by atoms with Crippen LogP contribution in [0, 0.1) is 0 Å². The van der Waals surface area contributed by atoms with Crippen molar-refractivity contribution < 1.29 is 9.90 Å². The van der Waals surface area contributed by atoms with E-state index in [2.05, 4.69) is 31.1 Å². The smallest absolute Gasteiger partial charge is 0.327 e. The predicted octanol–water partition coefficient (Wildman–Crippen LogP) is 1.72. The van der Waals surface area contributed by atoms with Gasteiger partial charge in [-0.05, 0) is 25.7 Å². The van der Waals surface area contributed by atoms with Crippen LogP contribution >= 0.6 is 12.8 Å². The van der Waals surface area contributed by atoms with E-state index in [1.54, 1.807) is 0 Å². The molecule has 1 unspecified atom stereocenters. The van der Waals surface area contributed by atoms with Gasteiger partial charge >= 0.3 is 6.03 Å². The number of rotatable bonds is 4. The molecular weight excluding hydrogens is 224 g/mol. The minimum absolute atomic E-state index is 0.0714. The highest BCUT2D eigenvalue weighted by molar-refractivity contribution is 7.78. The zero-order chi connectivity index (χ0) is 12.0. The lowest BCUT2D eigenvalue weighted by Gasteiger charge is -2.26. The average molecular weight is 244 g/mol. The monoisotopic (exact) mass is 244 g/mol. The SMILES string of the molecule is CCC1=CCCCC1NC(=O)N(S)CCO. The Morgan fingerprint density at radius 2 is 2.50 bits per heavy atom. The lowest BCUT2D eigenvalue weighted by atomic mass is 9.92. The third-order valence-corrected chi connectivity index (χ3v) is 3.18. The fraction of sp³-hybridized carbons (Fsp3) is 0.727. The highest BCUT2D eigenvalue weighted by Crippen LogP contribution is 2.21. The molecule has 0 bridgehead atoms. The summed E-state index contributed by atoms with van der Waals surface area (Å²) in [5, 5.41) is 11.6. The molecule has 0 aliphatic heterocycles. The molecule has 0 spiro atoms. The van der Waals surface area contributed by atoms with Gasteiger partial charge in [0.2, 0.25) is 0 Å². The Labute approximate surface area is 102 Å². The molecular formula is C11H20N2O2S. The molecule has 92 valence electrons. The van der Waals surface area contributed by atoms with Crippen LogP contribution < -0.4 is 5.32 Å². The minimum Gasteiger partial charge on any atom is -0.394 e. The fourth-order valence-electron chi connectivity index (χ4n) is 1.91. The number of aliphatic hydroxyl groups is 1. The molecule has 2 N–H and O–H groups in total. The number of aliphatic hydroxyl groups excluding tert-OH is 1. The van der Waals surface area contributed by atoms with Gasteiger partial charge in [0, 0.05) is 0 Å². The van der Waals surface area contributed by atoms with Gasteiger partial charge < -0.3 is 10.4 Å². The maximum atomic E-state index is 11.7. The van der Waals surface area contributed by atoms with Gasteiger partial charge in [0.1, 0.15) is 0 Å². The lowest BCUT2D eigenvalue weighted by Crippen LogP contribution is -2.43. The summed E-state index contributed by atoms with van der Waals surface area (Å²) in [6.07, 6.45) is 6.39. The fourth-order valence-corrected chi connectivity index (χ4v) is 2.06. The van der Waals surface area contributed by atoms with Crippen molar-refractivity contribution in [3.8, 4) is 0 Å². The molecule has 0 heterocycles. The van der Waals surface area contributed by atoms with Gasteiger partial charge in [-0.1, -0.05) is 31.4 Å². The van der Waals surface area contributed by atoms with E-state index in [0.29, 0.717) is 0 Å². The number of nitrogens with zero attached hydrogens (tertiary/aromatic N) is 1. The largest absolute Gasteiger partial charge is 0.394 e. The van der Waals surface area contributed by atoms with Crippen molar-refractivity contribution in [2.75, 3.05) is 13.2 Å². The summed E-state index contributed by atoms with van der Waals surface area (Å²) >= 11 is 4.01. The molecule has 0 radical (unpaired) electrons. The molecule has 1 aliphatic rings. The number of carbonyl (C=O) groups is 1. The third-order valence-electron chi connectivity index (χ3n) is 2.80. The molecule has 4 nitrogen and oxygen atoms in total. The van der Waals surface area contributed by atoms with E-state index in [1.807, 2.05) is 0 Å². The van der Waals surface area contributed by atoms with Crippen LogP contribution in [0.2, 0.25) is 0 Å². The van der Waals surface area contributed by atoms with E-state index in [4.69, 9.17) is 5.11 Å². The van der Waals surface area contributed by atoms with Crippen LogP contribution in [0.5, 0.6) is 0 Å². The van der Waals surface area contributed by atoms with Crippen LogP contribution in [0.1, 0.15) is 32.6 Å². The summed E-state index contributed by atoms with van der Waals surface area (Å²) in [6.45, 7) is 2.27. The minimum atomic E-state index is -0.233. The second-order valence-corrected chi connectivity index (χ2v) is 4.40. The first kappa shape index (κ1) is 13.4. The number of thiol groups is 1. The van der Waals surface area contributed by atoms with Crippen LogP contribution in [0.3, 0.4) is 0 Å². The van der Waals surface area contributed by atoms with Gasteiger partial charge in [0.15, 0.2) is 0 Å². The summed E-state index contributed by atoms with van der Waals surface area (Å²) in [4.78, 5) is 11.7. The number of urea groups is 1. The maximum absolute atomic E-state index is 11.7. The lowest BCUT2D eigenvalue weighted by molar-refractivity contribution is 0.210. The highest BCUT2D eigenvalue weighted by Gasteiger charge is 2.20. The molecule has 5 heteroatoms. The number of hydrogen-bond donors (Lipinski definition) is 3. The van der Waals surface area contributed by atoms with E-state index in [1.165, 1.54) is 9.88 Å². The molecule has 1 aliphatic carbocycles. The third kappa shape index (κ3) is 3.72. The van der Waals surface area contributed by atoms with E-state index in [-0.39, 0.29) is 25.2 Å². The summed E-state index contributed by atoms with van der Waals surface area (Å²) < 4.78 is 1.21. The van der Waals surface area contributed by atoms with Crippen LogP contribution in [0.25, 0.3) is 0 Å². The Morgan fingerprint density at radius 3 is 3.12 bits per heavy atom. The van der Waals surface area contributed by atoms with Crippen molar-refractivity contribution in [3.05, 3.63) is 11.6 Å². The molecule has 0 aromatic carbocycles. The van der Waals surface area contributed by atoms with Crippen molar-refractivity contribution >= 4 is 18.8 Å². The summed E-state index contributed by atoms with van der Waals surface area (Å²) in [7, 11) is 0. The van der Waals surface area contributed by atoms with E-state index >= 15 is 0 Å². The Morgan fingerprint density at radius 1 is 1.75 bits per heavy atom. The zero-order valence-corrected chi connectivity index (χ0v) is 10.5. The van der Waals surface area contributed by atoms with E-state index in [0.717, 1.165) is 25.7 Å². The van der Waals surface area contributed by atoms with Gasteiger partial charge in [-0.3, -0.25) is 4.31 Å². The Balaban J connectivity index is 2.49. The predicted molar refractivity (Wildman–Crippen MR) is 67.3 cm³/mol. The Kier molecular flexibility index (Phi) is 5.69. The van der Waals surface area contributed by atoms with Crippen LogP contribution in [-0.2, 0) is 0 Å². The second kappa shape index (κ2) is 6.81. The number of carbonyl (C=O) groups excluding carboxylic acids is 1. The van der Waals surface area contributed by atoms with E-state index in [9.17, 15) is 4.79 Å². The van der Waals surface area contributed by atoms with Crippen molar-refractivity contribution in [1.29, 1.82) is 0 Å². The van der Waals surface area contributed by atoms with Gasteiger partial charge in [0.05, 0.1) is 19.2 Å². The van der Waals surface area contributed by atoms with Gasteiger partial charge in [0.25, 0.3) is 0 Å². The van der Waals surface area contributed by atoms with E-state index < -0.39 is 0 Å². The normalized spacial score (nSPS) is 20.2. The standard InChI is InChI=1S/C11H20N2O2S/c1-2-9-5-3-4-6-10(9)12-11(15)13(16)7-8-14/h5,10,14,16H,2-4,6-8H2,1H3,(H,12,15). The molecule has 0 fully saturated rings. The molecule has 2 amide bonds. The second-order valence-electron chi connectivity index (χ2n) is 3.91. The maximum Gasteiger partial charge on any atom is 0.327 e. The number of hydrogen-bond acceptors (Lipinski definition) is 3. The molecule has 1 rings (SSSR count). The van der Waals surface area contributed by atoms with Crippen molar-refractivity contribution in [3.63, 3.8) is 0 Å². The van der Waals surface area contributed by atoms with Crippen LogP contribution in [0.4, 0.5) is 4.79 Å². The Hall–Kier alpha value is -0.680. The average Bonchev–Trinajstić information content (AvgIpc) is 2.30. The molecule has 0 aromatic heterocycles. The summed E-state index contributed by atoms with van der Waals surface area (Å²) in [6, 6.07) is -0.0942. The molecule has 0 saturated carbocycles. The van der Waals surface area contributed by atoms with Crippen molar-refractivity contribution in [2.24, 2.45) is 0 Å². The first-order valence-electron chi connectivity index (χ1n) is 5.75. The zero-order valence-electron chi connectivity index (χ0n) is 9.65. The highest BCUT2D eigenvalue weighted by atomic mass is 32.1. The summed E-state index contributed by atoms with van der Waals surface area (Å²) in [5.74, 6) is 0. The Bertz CT molecular complexity index is 269. The number of nitrogens with one attached hydrogen (secondary N) is 1. The first-order valence-corrected chi connectivity index (χ1v) is 6.15. The summed E-state index contributed by atoms with van der Waals surface area (Å²) in [5.41, 5.74) is 1.30. The number of allylic oxidation sites excluding steroid dienone is 1. The molecule has 0 aromatic rings.